The molecule has 0 spiro atoms. The number of rotatable bonds is 3. The van der Waals surface area contributed by atoms with Gasteiger partial charge in [0, 0.05) is 18.3 Å². The van der Waals surface area contributed by atoms with E-state index in [0.717, 1.165) is 23.4 Å². The van der Waals surface area contributed by atoms with Crippen LogP contribution in [0, 0.1) is 19.7 Å². The summed E-state index contributed by atoms with van der Waals surface area (Å²) in [7, 11) is 0. The van der Waals surface area contributed by atoms with Crippen LogP contribution in [-0.4, -0.2) is 16.5 Å². The normalized spacial score (nSPS) is 10.4. The van der Waals surface area contributed by atoms with E-state index in [9.17, 15) is 4.39 Å². The van der Waals surface area contributed by atoms with Gasteiger partial charge < -0.3 is 5.32 Å². The molecule has 0 radical (unpaired) electrons. The lowest BCUT2D eigenvalue weighted by Crippen LogP contribution is -2.03. The molecule has 94 valence electrons. The molecule has 0 unspecified atom stereocenters. The second kappa shape index (κ2) is 5.12. The van der Waals surface area contributed by atoms with Crippen molar-refractivity contribution in [3.63, 3.8) is 0 Å². The predicted octanol–water partition coefficient (Wildman–Crippen LogP) is 3.33. The van der Waals surface area contributed by atoms with E-state index in [1.54, 1.807) is 25.3 Å². The number of hydrogen-bond acceptors (Lipinski definition) is 3. The molecule has 1 N–H and O–H groups in total. The van der Waals surface area contributed by atoms with Gasteiger partial charge >= 0.3 is 0 Å². The third-order valence-corrected chi connectivity index (χ3v) is 2.74. The predicted molar refractivity (Wildman–Crippen MR) is 71.1 cm³/mol. The van der Waals surface area contributed by atoms with Crippen LogP contribution in [-0.2, 0) is 0 Å². The molecule has 0 aliphatic rings. The minimum atomic E-state index is -0.197. The molecule has 2 aromatic rings. The number of anilines is 1. The summed E-state index contributed by atoms with van der Waals surface area (Å²) in [6, 6.07) is 5.02. The molecule has 0 fully saturated rings. The molecule has 18 heavy (non-hydrogen) atoms. The summed E-state index contributed by atoms with van der Waals surface area (Å²) >= 11 is 0. The molecule has 4 heteroatoms. The van der Waals surface area contributed by atoms with E-state index in [0.29, 0.717) is 11.5 Å². The van der Waals surface area contributed by atoms with Crippen LogP contribution in [0.3, 0.4) is 0 Å². The van der Waals surface area contributed by atoms with Crippen molar-refractivity contribution >= 4 is 5.95 Å². The van der Waals surface area contributed by atoms with Crippen molar-refractivity contribution in [2.45, 2.75) is 20.8 Å². The molecule has 0 saturated heterocycles. The van der Waals surface area contributed by atoms with E-state index >= 15 is 0 Å². The number of halogens is 1. The van der Waals surface area contributed by atoms with Crippen molar-refractivity contribution in [3.8, 4) is 11.3 Å². The summed E-state index contributed by atoms with van der Waals surface area (Å²) in [5.74, 6) is 0.400. The van der Waals surface area contributed by atoms with E-state index < -0.39 is 0 Å². The molecule has 0 amide bonds. The van der Waals surface area contributed by atoms with Crippen molar-refractivity contribution in [1.29, 1.82) is 0 Å². The molecule has 1 heterocycles. The van der Waals surface area contributed by atoms with Gasteiger partial charge in [-0.15, -0.1) is 0 Å². The summed E-state index contributed by atoms with van der Waals surface area (Å²) in [5.41, 5.74) is 3.34. The molecule has 1 aromatic carbocycles. The molecule has 3 nitrogen and oxygen atoms in total. The summed E-state index contributed by atoms with van der Waals surface area (Å²) in [6.07, 6.45) is 1.78. The van der Waals surface area contributed by atoms with Crippen molar-refractivity contribution in [2.24, 2.45) is 0 Å². The molecule has 0 atom stereocenters. The van der Waals surface area contributed by atoms with Crippen LogP contribution in [0.25, 0.3) is 11.3 Å². The van der Waals surface area contributed by atoms with Gasteiger partial charge in [-0.05, 0) is 50.1 Å². The number of nitrogens with one attached hydrogen (secondary N) is 1. The zero-order valence-electron chi connectivity index (χ0n) is 10.8. The number of benzene rings is 1. The van der Waals surface area contributed by atoms with Gasteiger partial charge in [-0.3, -0.25) is 0 Å². The number of aryl methyl sites for hydroxylation is 2. The van der Waals surface area contributed by atoms with Crippen molar-refractivity contribution in [1.82, 2.24) is 9.97 Å². The highest BCUT2D eigenvalue weighted by Gasteiger charge is 2.08. The van der Waals surface area contributed by atoms with Gasteiger partial charge in [-0.2, -0.15) is 0 Å². The summed E-state index contributed by atoms with van der Waals surface area (Å²) < 4.78 is 13.3. The smallest absolute Gasteiger partial charge is 0.223 e. The van der Waals surface area contributed by atoms with Crippen LogP contribution < -0.4 is 5.32 Å². The lowest BCUT2D eigenvalue weighted by molar-refractivity contribution is 0.618. The Balaban J connectivity index is 2.48. The zero-order chi connectivity index (χ0) is 13.1. The molecule has 2 rings (SSSR count). The van der Waals surface area contributed by atoms with Crippen LogP contribution in [0.15, 0.2) is 24.4 Å². The third-order valence-electron chi connectivity index (χ3n) is 2.74. The number of aromatic nitrogens is 2. The summed E-state index contributed by atoms with van der Waals surface area (Å²) in [6.45, 7) is 6.46. The van der Waals surface area contributed by atoms with Crippen LogP contribution >= 0.6 is 0 Å². The van der Waals surface area contributed by atoms with Crippen molar-refractivity contribution in [3.05, 3.63) is 41.3 Å². The number of nitrogens with zero attached hydrogens (tertiary/aromatic N) is 2. The fraction of sp³-hybridized carbons (Fsp3) is 0.286. The molecule has 0 bridgehead atoms. The second-order valence-corrected chi connectivity index (χ2v) is 4.22. The average Bonchev–Trinajstić information content (AvgIpc) is 2.35. The van der Waals surface area contributed by atoms with Crippen LogP contribution in [0.2, 0.25) is 0 Å². The van der Waals surface area contributed by atoms with Crippen molar-refractivity contribution in [2.75, 3.05) is 11.9 Å². The van der Waals surface area contributed by atoms with Gasteiger partial charge in [0.05, 0.1) is 5.69 Å². The number of hydrogen-bond donors (Lipinski definition) is 1. The Morgan fingerprint density at radius 2 is 2.00 bits per heavy atom. The lowest BCUT2D eigenvalue weighted by Gasteiger charge is -2.09. The van der Waals surface area contributed by atoms with Crippen molar-refractivity contribution < 1.29 is 4.39 Å². The average molecular weight is 245 g/mol. The molecule has 0 aliphatic carbocycles. The standard InChI is InChI=1S/C14H16FN3/c1-4-16-14-17-8-10(3)13(18-14)11-5-6-12(15)9(2)7-11/h5-8H,4H2,1-3H3,(H,16,17,18). The Kier molecular flexibility index (Phi) is 3.55. The van der Waals surface area contributed by atoms with E-state index in [2.05, 4.69) is 15.3 Å². The Labute approximate surface area is 106 Å². The Bertz CT molecular complexity index is 567. The largest absolute Gasteiger partial charge is 0.354 e. The van der Waals surface area contributed by atoms with Gasteiger partial charge in [0.15, 0.2) is 0 Å². The maximum Gasteiger partial charge on any atom is 0.223 e. The maximum absolute atomic E-state index is 13.3. The molecule has 1 aromatic heterocycles. The second-order valence-electron chi connectivity index (χ2n) is 4.22. The minimum Gasteiger partial charge on any atom is -0.354 e. The Morgan fingerprint density at radius 1 is 1.22 bits per heavy atom. The highest BCUT2D eigenvalue weighted by molar-refractivity contribution is 5.64. The Morgan fingerprint density at radius 3 is 2.67 bits per heavy atom. The van der Waals surface area contributed by atoms with E-state index in [1.807, 2.05) is 13.8 Å². The molecular weight excluding hydrogens is 229 g/mol. The summed E-state index contributed by atoms with van der Waals surface area (Å²) in [5, 5.41) is 3.07. The van der Waals surface area contributed by atoms with Crippen LogP contribution in [0.4, 0.5) is 10.3 Å². The first-order chi connectivity index (χ1) is 8.61. The van der Waals surface area contributed by atoms with Crippen LogP contribution in [0.1, 0.15) is 18.1 Å². The van der Waals surface area contributed by atoms with Crippen LogP contribution in [0.5, 0.6) is 0 Å². The first-order valence-electron chi connectivity index (χ1n) is 5.96. The third kappa shape index (κ3) is 2.47. The lowest BCUT2D eigenvalue weighted by atomic mass is 10.1. The maximum atomic E-state index is 13.3. The monoisotopic (exact) mass is 245 g/mol. The fourth-order valence-electron chi connectivity index (χ4n) is 1.77. The first-order valence-corrected chi connectivity index (χ1v) is 5.96. The van der Waals surface area contributed by atoms with Gasteiger partial charge in [0.25, 0.3) is 0 Å². The minimum absolute atomic E-state index is 0.197. The molecule has 0 saturated carbocycles. The van der Waals surface area contributed by atoms with Gasteiger partial charge in [0.1, 0.15) is 5.82 Å². The molecule has 0 aliphatic heterocycles. The highest BCUT2D eigenvalue weighted by Crippen LogP contribution is 2.23. The molecular formula is C14H16FN3. The SMILES string of the molecule is CCNc1ncc(C)c(-c2ccc(F)c(C)c2)n1. The fourth-order valence-corrected chi connectivity index (χ4v) is 1.77. The topological polar surface area (TPSA) is 37.8 Å². The van der Waals surface area contributed by atoms with E-state index in [1.165, 1.54) is 6.07 Å². The summed E-state index contributed by atoms with van der Waals surface area (Å²) in [4.78, 5) is 8.66. The van der Waals surface area contributed by atoms with Gasteiger partial charge in [0.2, 0.25) is 5.95 Å². The van der Waals surface area contributed by atoms with E-state index in [-0.39, 0.29) is 5.82 Å². The highest BCUT2D eigenvalue weighted by atomic mass is 19.1. The van der Waals surface area contributed by atoms with E-state index in [4.69, 9.17) is 0 Å². The zero-order valence-corrected chi connectivity index (χ0v) is 10.8. The van der Waals surface area contributed by atoms with Gasteiger partial charge in [-0.25, -0.2) is 14.4 Å². The quantitative estimate of drug-likeness (QED) is 0.901. The van der Waals surface area contributed by atoms with Gasteiger partial charge in [-0.1, -0.05) is 0 Å². The Hall–Kier alpha value is -1.97. The first kappa shape index (κ1) is 12.5.